The summed E-state index contributed by atoms with van der Waals surface area (Å²) < 4.78 is 5.61. The van der Waals surface area contributed by atoms with Gasteiger partial charge in [0.2, 0.25) is 0 Å². The summed E-state index contributed by atoms with van der Waals surface area (Å²) in [4.78, 5) is 14.0. The highest BCUT2D eigenvalue weighted by molar-refractivity contribution is 5.77. The lowest BCUT2D eigenvalue weighted by atomic mass is 10.1. The van der Waals surface area contributed by atoms with E-state index < -0.39 is 0 Å². The van der Waals surface area contributed by atoms with E-state index in [-0.39, 0.29) is 18.6 Å². The molecule has 2 N–H and O–H groups in total. The number of amides is 1. The van der Waals surface area contributed by atoms with E-state index in [1.54, 1.807) is 0 Å². The van der Waals surface area contributed by atoms with E-state index in [4.69, 9.17) is 10.5 Å². The number of nitrogens with zero attached hydrogens (tertiary/aromatic N) is 1. The third-order valence-corrected chi connectivity index (χ3v) is 3.70. The van der Waals surface area contributed by atoms with Gasteiger partial charge in [-0.3, -0.25) is 4.79 Å². The lowest BCUT2D eigenvalue weighted by Gasteiger charge is -2.20. The van der Waals surface area contributed by atoms with Crippen LogP contribution >= 0.6 is 0 Å². The van der Waals surface area contributed by atoms with Gasteiger partial charge in [0.05, 0.1) is 0 Å². The van der Waals surface area contributed by atoms with Gasteiger partial charge in [-0.1, -0.05) is 25.0 Å². The Bertz CT molecular complexity index is 438. The van der Waals surface area contributed by atoms with Crippen LogP contribution in [-0.4, -0.2) is 30.5 Å². The standard InChI is InChI=1S/C16H24N2O2/c1-13(17)14-7-6-8-15(11-14)20-12-16(19)18-9-4-2-3-5-10-18/h6-8,11,13H,2-5,9-10,12,17H2,1H3/t13-/m1/s1. The Hall–Kier alpha value is -1.55. The first-order valence-electron chi connectivity index (χ1n) is 7.43. The van der Waals surface area contributed by atoms with E-state index in [2.05, 4.69) is 0 Å². The molecule has 1 aromatic carbocycles. The van der Waals surface area contributed by atoms with Gasteiger partial charge in [0.1, 0.15) is 5.75 Å². The first kappa shape index (κ1) is 14.9. The molecule has 0 radical (unpaired) electrons. The lowest BCUT2D eigenvalue weighted by Crippen LogP contribution is -2.35. The highest BCUT2D eigenvalue weighted by Crippen LogP contribution is 2.18. The van der Waals surface area contributed by atoms with Crippen LogP contribution in [0.3, 0.4) is 0 Å². The normalized spacial score (nSPS) is 17.4. The summed E-state index contributed by atoms with van der Waals surface area (Å²) in [5, 5.41) is 0. The van der Waals surface area contributed by atoms with Crippen molar-refractivity contribution in [3.05, 3.63) is 29.8 Å². The third kappa shape index (κ3) is 4.23. The van der Waals surface area contributed by atoms with E-state index in [9.17, 15) is 4.79 Å². The van der Waals surface area contributed by atoms with Crippen LogP contribution in [0.2, 0.25) is 0 Å². The average molecular weight is 276 g/mol. The second-order valence-electron chi connectivity index (χ2n) is 5.44. The van der Waals surface area contributed by atoms with Gasteiger partial charge in [0, 0.05) is 19.1 Å². The molecular weight excluding hydrogens is 252 g/mol. The molecule has 0 saturated carbocycles. The van der Waals surface area contributed by atoms with Gasteiger partial charge in [-0.05, 0) is 37.5 Å². The number of rotatable bonds is 4. The topological polar surface area (TPSA) is 55.6 Å². The molecule has 0 aliphatic carbocycles. The number of nitrogens with two attached hydrogens (primary N) is 1. The van der Waals surface area contributed by atoms with Crippen LogP contribution in [-0.2, 0) is 4.79 Å². The molecule has 0 bridgehead atoms. The molecule has 1 fully saturated rings. The molecule has 0 spiro atoms. The predicted octanol–water partition coefficient (Wildman–Crippen LogP) is 2.49. The van der Waals surface area contributed by atoms with Gasteiger partial charge in [-0.25, -0.2) is 0 Å². The maximum absolute atomic E-state index is 12.1. The zero-order chi connectivity index (χ0) is 14.4. The van der Waals surface area contributed by atoms with Crippen molar-refractivity contribution in [2.75, 3.05) is 19.7 Å². The molecule has 1 atom stereocenters. The highest BCUT2D eigenvalue weighted by atomic mass is 16.5. The van der Waals surface area contributed by atoms with Crippen LogP contribution < -0.4 is 10.5 Å². The Morgan fingerprint density at radius 3 is 2.65 bits per heavy atom. The minimum Gasteiger partial charge on any atom is -0.484 e. The van der Waals surface area contributed by atoms with Crippen molar-refractivity contribution >= 4 is 5.91 Å². The van der Waals surface area contributed by atoms with Gasteiger partial charge < -0.3 is 15.4 Å². The zero-order valence-corrected chi connectivity index (χ0v) is 12.2. The molecule has 110 valence electrons. The fourth-order valence-electron chi connectivity index (χ4n) is 2.44. The molecule has 4 heteroatoms. The molecule has 1 aliphatic heterocycles. The summed E-state index contributed by atoms with van der Waals surface area (Å²) in [7, 11) is 0. The Balaban J connectivity index is 1.87. The van der Waals surface area contributed by atoms with E-state index in [1.165, 1.54) is 12.8 Å². The van der Waals surface area contributed by atoms with Gasteiger partial charge in [0.15, 0.2) is 6.61 Å². The molecule has 1 saturated heterocycles. The van der Waals surface area contributed by atoms with Crippen molar-refractivity contribution in [2.24, 2.45) is 5.73 Å². The predicted molar refractivity (Wildman–Crippen MR) is 79.6 cm³/mol. The van der Waals surface area contributed by atoms with Crippen molar-refractivity contribution in [3.8, 4) is 5.75 Å². The molecule has 0 aromatic heterocycles. The summed E-state index contributed by atoms with van der Waals surface area (Å²) in [6, 6.07) is 7.61. The molecule has 20 heavy (non-hydrogen) atoms. The SMILES string of the molecule is C[C@@H](N)c1cccc(OCC(=O)N2CCCCCC2)c1. The molecule has 1 amide bonds. The van der Waals surface area contributed by atoms with Crippen molar-refractivity contribution < 1.29 is 9.53 Å². The average Bonchev–Trinajstić information content (AvgIpc) is 2.74. The third-order valence-electron chi connectivity index (χ3n) is 3.70. The number of carbonyl (C=O) groups is 1. The lowest BCUT2D eigenvalue weighted by molar-refractivity contribution is -0.133. The van der Waals surface area contributed by atoms with Crippen LogP contribution in [0.15, 0.2) is 24.3 Å². The Morgan fingerprint density at radius 2 is 2.00 bits per heavy atom. The fraction of sp³-hybridized carbons (Fsp3) is 0.562. The Labute approximate surface area is 120 Å². The summed E-state index contributed by atoms with van der Waals surface area (Å²) in [6.07, 6.45) is 4.65. The van der Waals surface area contributed by atoms with E-state index >= 15 is 0 Å². The first-order chi connectivity index (χ1) is 9.66. The second kappa shape index (κ2) is 7.29. The first-order valence-corrected chi connectivity index (χ1v) is 7.43. The number of hydrogen-bond donors (Lipinski definition) is 1. The number of carbonyl (C=O) groups excluding carboxylic acids is 1. The van der Waals surface area contributed by atoms with Crippen molar-refractivity contribution in [3.63, 3.8) is 0 Å². The van der Waals surface area contributed by atoms with Crippen LogP contribution in [0.25, 0.3) is 0 Å². The second-order valence-corrected chi connectivity index (χ2v) is 5.44. The Kier molecular flexibility index (Phi) is 5.41. The van der Waals surface area contributed by atoms with Crippen molar-refractivity contribution in [1.29, 1.82) is 0 Å². The smallest absolute Gasteiger partial charge is 0.260 e. The van der Waals surface area contributed by atoms with Crippen molar-refractivity contribution in [2.45, 2.75) is 38.6 Å². The largest absolute Gasteiger partial charge is 0.484 e. The summed E-state index contributed by atoms with van der Waals surface area (Å²) in [5.74, 6) is 0.793. The number of hydrogen-bond acceptors (Lipinski definition) is 3. The number of benzene rings is 1. The molecular formula is C16H24N2O2. The van der Waals surface area contributed by atoms with Crippen molar-refractivity contribution in [1.82, 2.24) is 4.90 Å². The molecule has 2 rings (SSSR count). The summed E-state index contributed by atoms with van der Waals surface area (Å²) in [5.41, 5.74) is 6.86. The molecule has 1 heterocycles. The maximum atomic E-state index is 12.1. The minimum absolute atomic E-state index is 0.0279. The van der Waals surface area contributed by atoms with Crippen LogP contribution in [0.5, 0.6) is 5.75 Å². The van der Waals surface area contributed by atoms with Gasteiger partial charge in [-0.2, -0.15) is 0 Å². The zero-order valence-electron chi connectivity index (χ0n) is 12.2. The number of likely N-dealkylation sites (tertiary alicyclic amines) is 1. The van der Waals surface area contributed by atoms with Gasteiger partial charge >= 0.3 is 0 Å². The monoisotopic (exact) mass is 276 g/mol. The Morgan fingerprint density at radius 1 is 1.30 bits per heavy atom. The summed E-state index contributed by atoms with van der Waals surface area (Å²) in [6.45, 7) is 3.77. The fourth-order valence-corrected chi connectivity index (χ4v) is 2.44. The molecule has 4 nitrogen and oxygen atoms in total. The van der Waals surface area contributed by atoms with Crippen LogP contribution in [0, 0.1) is 0 Å². The molecule has 1 aromatic rings. The summed E-state index contributed by atoms with van der Waals surface area (Å²) >= 11 is 0. The van der Waals surface area contributed by atoms with E-state index in [0.29, 0.717) is 5.75 Å². The van der Waals surface area contributed by atoms with E-state index in [0.717, 1.165) is 31.5 Å². The molecule has 1 aliphatic rings. The quantitative estimate of drug-likeness (QED) is 0.919. The van der Waals surface area contributed by atoms with Gasteiger partial charge in [-0.15, -0.1) is 0 Å². The van der Waals surface area contributed by atoms with E-state index in [1.807, 2.05) is 36.1 Å². The van der Waals surface area contributed by atoms with Gasteiger partial charge in [0.25, 0.3) is 5.91 Å². The minimum atomic E-state index is -0.0279. The van der Waals surface area contributed by atoms with Crippen LogP contribution in [0.1, 0.15) is 44.2 Å². The van der Waals surface area contributed by atoms with Crippen LogP contribution in [0.4, 0.5) is 0 Å². The molecule has 0 unspecified atom stereocenters. The maximum Gasteiger partial charge on any atom is 0.260 e. The number of ether oxygens (including phenoxy) is 1. The highest BCUT2D eigenvalue weighted by Gasteiger charge is 2.15.